The summed E-state index contributed by atoms with van der Waals surface area (Å²) < 4.78 is 0.797. The Balaban J connectivity index is 1.78. The molecule has 0 unspecified atom stereocenters. The maximum atomic E-state index is 11.8. The van der Waals surface area contributed by atoms with Crippen LogP contribution in [0.3, 0.4) is 0 Å². The van der Waals surface area contributed by atoms with E-state index in [1.54, 1.807) is 42.7 Å². The van der Waals surface area contributed by atoms with Crippen LogP contribution in [0.25, 0.3) is 0 Å². The number of nitrogens with zero attached hydrogens (tertiary/aromatic N) is 2. The van der Waals surface area contributed by atoms with Crippen molar-refractivity contribution in [2.45, 2.75) is 0 Å². The molecule has 0 bridgehead atoms. The molecule has 0 aliphatic rings. The fourth-order valence-electron chi connectivity index (χ4n) is 1.56. The highest BCUT2D eigenvalue weighted by molar-refractivity contribution is 9.10. The van der Waals surface area contributed by atoms with Crippen LogP contribution in [0.5, 0.6) is 0 Å². The summed E-state index contributed by atoms with van der Waals surface area (Å²) in [5, 5.41) is 6.30. The minimum Gasteiger partial charge on any atom is -0.343 e. The third kappa shape index (κ3) is 5.10. The van der Waals surface area contributed by atoms with Crippen LogP contribution in [0.2, 0.25) is 0 Å². The monoisotopic (exact) mass is 360 g/mol. The zero-order valence-electron chi connectivity index (χ0n) is 11.5. The van der Waals surface area contributed by atoms with Crippen molar-refractivity contribution in [3.63, 3.8) is 0 Å². The first kappa shape index (κ1) is 15.8. The number of hydrogen-bond donors (Lipinski definition) is 2. The van der Waals surface area contributed by atoms with Crippen molar-refractivity contribution in [2.24, 2.45) is 5.10 Å². The summed E-state index contributed by atoms with van der Waals surface area (Å²) in [5.74, 6) is -0.740. The molecule has 2 rings (SSSR count). The molecule has 0 spiro atoms. The molecule has 2 amide bonds. The Morgan fingerprint density at radius 3 is 2.86 bits per heavy atom. The van der Waals surface area contributed by atoms with Crippen molar-refractivity contribution in [3.05, 3.63) is 64.4 Å². The van der Waals surface area contributed by atoms with Crippen molar-refractivity contribution in [1.82, 2.24) is 15.7 Å². The SMILES string of the molecule is O=C(CNC(=O)c1cccc(Br)c1)N/N=C/c1cccnc1. The van der Waals surface area contributed by atoms with Crippen LogP contribution >= 0.6 is 15.9 Å². The molecule has 0 fully saturated rings. The Kier molecular flexibility index (Phi) is 5.79. The third-order valence-electron chi connectivity index (χ3n) is 2.58. The maximum absolute atomic E-state index is 11.8. The van der Waals surface area contributed by atoms with E-state index < -0.39 is 5.91 Å². The number of hydrogen-bond acceptors (Lipinski definition) is 4. The molecular formula is C15H13BrN4O2. The van der Waals surface area contributed by atoms with E-state index in [2.05, 4.69) is 36.8 Å². The molecule has 1 aromatic heterocycles. The number of hydrazone groups is 1. The molecule has 0 saturated carbocycles. The first-order valence-electron chi connectivity index (χ1n) is 6.41. The molecule has 1 aromatic carbocycles. The summed E-state index contributed by atoms with van der Waals surface area (Å²) in [6, 6.07) is 10.5. The van der Waals surface area contributed by atoms with Gasteiger partial charge in [-0.1, -0.05) is 28.1 Å². The highest BCUT2D eigenvalue weighted by atomic mass is 79.9. The van der Waals surface area contributed by atoms with Gasteiger partial charge >= 0.3 is 0 Å². The number of aromatic nitrogens is 1. The Morgan fingerprint density at radius 2 is 2.14 bits per heavy atom. The van der Waals surface area contributed by atoms with Gasteiger partial charge in [-0.2, -0.15) is 5.10 Å². The molecule has 22 heavy (non-hydrogen) atoms. The molecule has 1 heterocycles. The normalized spacial score (nSPS) is 10.4. The molecule has 0 saturated heterocycles. The molecule has 0 radical (unpaired) electrons. The van der Waals surface area contributed by atoms with Crippen molar-refractivity contribution in [3.8, 4) is 0 Å². The zero-order valence-corrected chi connectivity index (χ0v) is 13.1. The van der Waals surface area contributed by atoms with Crippen LogP contribution in [-0.2, 0) is 4.79 Å². The number of carbonyl (C=O) groups is 2. The first-order chi connectivity index (χ1) is 10.6. The van der Waals surface area contributed by atoms with Gasteiger partial charge in [-0.05, 0) is 24.3 Å². The van der Waals surface area contributed by atoms with Crippen LogP contribution in [0, 0.1) is 0 Å². The number of nitrogens with one attached hydrogen (secondary N) is 2. The highest BCUT2D eigenvalue weighted by Gasteiger charge is 2.07. The Hall–Kier alpha value is -2.54. The van der Waals surface area contributed by atoms with Gasteiger partial charge in [0.1, 0.15) is 0 Å². The molecule has 6 nitrogen and oxygen atoms in total. The molecule has 2 N–H and O–H groups in total. The molecular weight excluding hydrogens is 348 g/mol. The Labute approximate surface area is 135 Å². The van der Waals surface area contributed by atoms with E-state index in [9.17, 15) is 9.59 Å². The van der Waals surface area contributed by atoms with Gasteiger partial charge in [0.25, 0.3) is 11.8 Å². The summed E-state index contributed by atoms with van der Waals surface area (Å²) >= 11 is 3.28. The van der Waals surface area contributed by atoms with Gasteiger partial charge < -0.3 is 5.32 Å². The second-order valence-corrected chi connectivity index (χ2v) is 5.19. The third-order valence-corrected chi connectivity index (χ3v) is 3.08. The molecule has 2 aromatic rings. The number of pyridine rings is 1. The number of rotatable bonds is 5. The maximum Gasteiger partial charge on any atom is 0.259 e. The lowest BCUT2D eigenvalue weighted by molar-refractivity contribution is -0.120. The second-order valence-electron chi connectivity index (χ2n) is 4.27. The van der Waals surface area contributed by atoms with E-state index in [1.165, 1.54) is 6.21 Å². The van der Waals surface area contributed by atoms with Crippen molar-refractivity contribution in [1.29, 1.82) is 0 Å². The lowest BCUT2D eigenvalue weighted by Gasteiger charge is -2.04. The predicted molar refractivity (Wildman–Crippen MR) is 86.4 cm³/mol. The minimum absolute atomic E-state index is 0.157. The van der Waals surface area contributed by atoms with Gasteiger partial charge in [0.05, 0.1) is 12.8 Å². The largest absolute Gasteiger partial charge is 0.343 e. The van der Waals surface area contributed by atoms with Crippen molar-refractivity contribution < 1.29 is 9.59 Å². The molecule has 0 aliphatic carbocycles. The highest BCUT2D eigenvalue weighted by Crippen LogP contribution is 2.11. The number of benzene rings is 1. The van der Waals surface area contributed by atoms with E-state index in [4.69, 9.17) is 0 Å². The average molecular weight is 361 g/mol. The molecule has 112 valence electrons. The summed E-state index contributed by atoms with van der Waals surface area (Å²) in [4.78, 5) is 27.3. The smallest absolute Gasteiger partial charge is 0.259 e. The fourth-order valence-corrected chi connectivity index (χ4v) is 1.96. The van der Waals surface area contributed by atoms with E-state index in [-0.39, 0.29) is 12.5 Å². The number of halogens is 1. The lowest BCUT2D eigenvalue weighted by Crippen LogP contribution is -2.34. The number of amides is 2. The molecule has 0 aliphatic heterocycles. The van der Waals surface area contributed by atoms with Crippen LogP contribution in [0.1, 0.15) is 15.9 Å². The van der Waals surface area contributed by atoms with E-state index in [0.717, 1.165) is 10.0 Å². The average Bonchev–Trinajstić information content (AvgIpc) is 2.53. The topological polar surface area (TPSA) is 83.5 Å². The van der Waals surface area contributed by atoms with Crippen LogP contribution in [0.4, 0.5) is 0 Å². The number of carbonyl (C=O) groups excluding carboxylic acids is 2. The van der Waals surface area contributed by atoms with Crippen molar-refractivity contribution in [2.75, 3.05) is 6.54 Å². The lowest BCUT2D eigenvalue weighted by atomic mass is 10.2. The van der Waals surface area contributed by atoms with Crippen LogP contribution in [-0.4, -0.2) is 29.6 Å². The van der Waals surface area contributed by atoms with Crippen LogP contribution in [0.15, 0.2) is 58.4 Å². The zero-order chi connectivity index (χ0) is 15.8. The van der Waals surface area contributed by atoms with Gasteiger partial charge in [0.2, 0.25) is 0 Å². The summed E-state index contributed by atoms with van der Waals surface area (Å²) in [5.41, 5.74) is 3.57. The van der Waals surface area contributed by atoms with E-state index in [1.807, 2.05) is 6.07 Å². The summed E-state index contributed by atoms with van der Waals surface area (Å²) in [6.45, 7) is -0.157. The van der Waals surface area contributed by atoms with Gasteiger partial charge in [-0.25, -0.2) is 5.43 Å². The quantitative estimate of drug-likeness (QED) is 0.628. The predicted octanol–water partition coefficient (Wildman–Crippen LogP) is 1.72. The minimum atomic E-state index is -0.413. The second kappa shape index (κ2) is 8.04. The molecule has 7 heteroatoms. The Morgan fingerprint density at radius 1 is 1.27 bits per heavy atom. The van der Waals surface area contributed by atoms with Gasteiger partial charge in [0, 0.05) is 28.0 Å². The summed E-state index contributed by atoms with van der Waals surface area (Å²) in [6.07, 6.45) is 4.74. The summed E-state index contributed by atoms with van der Waals surface area (Å²) in [7, 11) is 0. The fraction of sp³-hybridized carbons (Fsp3) is 0.0667. The standard InChI is InChI=1S/C15H13BrN4O2/c16-13-5-1-4-12(7-13)15(22)18-10-14(21)20-19-9-11-3-2-6-17-8-11/h1-9H,10H2,(H,18,22)(H,20,21)/b19-9+. The van der Waals surface area contributed by atoms with Gasteiger partial charge in [-0.3, -0.25) is 14.6 Å². The van der Waals surface area contributed by atoms with Crippen molar-refractivity contribution >= 4 is 34.0 Å². The van der Waals surface area contributed by atoms with Gasteiger partial charge in [0.15, 0.2) is 0 Å². The Bertz CT molecular complexity index is 689. The van der Waals surface area contributed by atoms with Crippen LogP contribution < -0.4 is 10.7 Å². The first-order valence-corrected chi connectivity index (χ1v) is 7.20. The van der Waals surface area contributed by atoms with E-state index >= 15 is 0 Å². The molecule has 0 atom stereocenters. The van der Waals surface area contributed by atoms with E-state index in [0.29, 0.717) is 5.56 Å². The van der Waals surface area contributed by atoms with Gasteiger partial charge in [-0.15, -0.1) is 0 Å².